The number of halogens is 1. The Morgan fingerprint density at radius 1 is 1.44 bits per heavy atom. The van der Waals surface area contributed by atoms with Gasteiger partial charge in [0.25, 0.3) is 0 Å². The lowest BCUT2D eigenvalue weighted by Crippen LogP contribution is -2.16. The van der Waals surface area contributed by atoms with Crippen molar-refractivity contribution in [1.29, 1.82) is 0 Å². The molecule has 3 nitrogen and oxygen atoms in total. The van der Waals surface area contributed by atoms with Gasteiger partial charge in [0.15, 0.2) is 0 Å². The van der Waals surface area contributed by atoms with Crippen LogP contribution in [0.3, 0.4) is 0 Å². The first-order valence-electron chi connectivity index (χ1n) is 6.43. The van der Waals surface area contributed by atoms with Crippen molar-refractivity contribution >= 4 is 29.2 Å². The fourth-order valence-corrected chi connectivity index (χ4v) is 3.38. The Balaban J connectivity index is 2.10. The van der Waals surface area contributed by atoms with Gasteiger partial charge >= 0.3 is 0 Å². The summed E-state index contributed by atoms with van der Waals surface area (Å²) in [6.45, 7) is 7.12. The molecule has 0 saturated carbocycles. The highest BCUT2D eigenvalue weighted by Gasteiger charge is 2.17. The molecule has 0 aliphatic carbocycles. The highest BCUT2D eigenvalue weighted by molar-refractivity contribution is 7.99. The third-order valence-electron chi connectivity index (χ3n) is 3.20. The van der Waals surface area contributed by atoms with Crippen LogP contribution in [0.1, 0.15) is 37.6 Å². The van der Waals surface area contributed by atoms with Crippen LogP contribution in [-0.2, 0) is 0 Å². The van der Waals surface area contributed by atoms with Gasteiger partial charge < -0.3 is 5.32 Å². The van der Waals surface area contributed by atoms with Crippen molar-refractivity contribution in [2.24, 2.45) is 5.92 Å². The van der Waals surface area contributed by atoms with E-state index in [0.717, 1.165) is 29.7 Å². The number of nitrogens with zero attached hydrogens (tertiary/aromatic N) is 2. The molecule has 1 atom stereocenters. The zero-order valence-electron chi connectivity index (χ0n) is 11.2. The SMILES string of the molecule is Cc1c(Cl)nc(C(C)C)nc1NCC1CCSC1. The number of nitrogens with one attached hydrogen (secondary N) is 1. The van der Waals surface area contributed by atoms with E-state index in [1.54, 1.807) is 0 Å². The van der Waals surface area contributed by atoms with Crippen molar-refractivity contribution in [2.75, 3.05) is 23.4 Å². The molecule has 1 fully saturated rings. The fraction of sp³-hybridized carbons (Fsp3) is 0.692. The van der Waals surface area contributed by atoms with E-state index in [2.05, 4.69) is 29.1 Å². The van der Waals surface area contributed by atoms with Crippen LogP contribution in [0.4, 0.5) is 5.82 Å². The third-order valence-corrected chi connectivity index (χ3v) is 4.80. The normalized spacial score (nSPS) is 19.5. The van der Waals surface area contributed by atoms with E-state index < -0.39 is 0 Å². The highest BCUT2D eigenvalue weighted by atomic mass is 35.5. The van der Waals surface area contributed by atoms with E-state index in [1.807, 2.05) is 18.7 Å². The molecule has 1 aromatic heterocycles. The molecule has 100 valence electrons. The summed E-state index contributed by atoms with van der Waals surface area (Å²) in [6.07, 6.45) is 1.30. The molecular weight excluding hydrogens is 266 g/mol. The largest absolute Gasteiger partial charge is 0.369 e. The molecule has 0 amide bonds. The molecule has 2 rings (SSSR count). The number of rotatable bonds is 4. The summed E-state index contributed by atoms with van der Waals surface area (Å²) in [5.74, 6) is 5.30. The molecule has 1 aromatic rings. The predicted molar refractivity (Wildman–Crippen MR) is 79.8 cm³/mol. The molecule has 0 bridgehead atoms. The number of hydrogen-bond donors (Lipinski definition) is 1. The van der Waals surface area contributed by atoms with Crippen molar-refractivity contribution < 1.29 is 0 Å². The molecule has 1 aliphatic heterocycles. The fourth-order valence-electron chi connectivity index (χ4n) is 1.92. The maximum absolute atomic E-state index is 6.16. The van der Waals surface area contributed by atoms with Gasteiger partial charge in [0.2, 0.25) is 0 Å². The maximum Gasteiger partial charge on any atom is 0.137 e. The van der Waals surface area contributed by atoms with Gasteiger partial charge in [-0.25, -0.2) is 9.97 Å². The highest BCUT2D eigenvalue weighted by Crippen LogP contribution is 2.26. The summed E-state index contributed by atoms with van der Waals surface area (Å²) in [6, 6.07) is 0. The van der Waals surface area contributed by atoms with Gasteiger partial charge in [-0.1, -0.05) is 25.4 Å². The molecule has 0 radical (unpaired) electrons. The first-order chi connectivity index (χ1) is 8.58. The molecule has 2 heterocycles. The molecule has 1 aliphatic rings. The van der Waals surface area contributed by atoms with Crippen LogP contribution in [0, 0.1) is 12.8 Å². The predicted octanol–water partition coefficient (Wildman–Crippen LogP) is 3.73. The van der Waals surface area contributed by atoms with Crippen LogP contribution in [-0.4, -0.2) is 28.0 Å². The molecule has 1 saturated heterocycles. The molecule has 0 aromatic carbocycles. The van der Waals surface area contributed by atoms with Crippen molar-refractivity contribution in [3.63, 3.8) is 0 Å². The Morgan fingerprint density at radius 2 is 2.22 bits per heavy atom. The van der Waals surface area contributed by atoms with Crippen LogP contribution in [0.25, 0.3) is 0 Å². The Labute approximate surface area is 118 Å². The van der Waals surface area contributed by atoms with E-state index in [4.69, 9.17) is 11.6 Å². The lowest BCUT2D eigenvalue weighted by molar-refractivity contribution is 0.629. The average molecular weight is 286 g/mol. The minimum absolute atomic E-state index is 0.297. The van der Waals surface area contributed by atoms with Crippen molar-refractivity contribution in [1.82, 2.24) is 9.97 Å². The monoisotopic (exact) mass is 285 g/mol. The van der Waals surface area contributed by atoms with Gasteiger partial charge in [0, 0.05) is 18.0 Å². The van der Waals surface area contributed by atoms with Gasteiger partial charge in [0.05, 0.1) is 0 Å². The molecular formula is C13H20ClN3S. The lowest BCUT2D eigenvalue weighted by atomic mass is 10.1. The van der Waals surface area contributed by atoms with Crippen LogP contribution in [0.15, 0.2) is 0 Å². The molecule has 1 unspecified atom stereocenters. The minimum atomic E-state index is 0.297. The van der Waals surface area contributed by atoms with Crippen molar-refractivity contribution in [3.05, 3.63) is 16.5 Å². The second kappa shape index (κ2) is 6.11. The second-order valence-electron chi connectivity index (χ2n) is 5.11. The molecule has 18 heavy (non-hydrogen) atoms. The molecule has 1 N–H and O–H groups in total. The Hall–Kier alpha value is -0.480. The first-order valence-corrected chi connectivity index (χ1v) is 7.97. The summed E-state index contributed by atoms with van der Waals surface area (Å²) in [5.41, 5.74) is 0.951. The number of anilines is 1. The van der Waals surface area contributed by atoms with Crippen LogP contribution in [0.5, 0.6) is 0 Å². The topological polar surface area (TPSA) is 37.8 Å². The van der Waals surface area contributed by atoms with Gasteiger partial charge in [-0.05, 0) is 30.8 Å². The Bertz CT molecular complexity index is 417. The summed E-state index contributed by atoms with van der Waals surface area (Å²) >= 11 is 8.20. The summed E-state index contributed by atoms with van der Waals surface area (Å²) in [7, 11) is 0. The first kappa shape index (κ1) is 13.9. The summed E-state index contributed by atoms with van der Waals surface area (Å²) < 4.78 is 0. The standard InChI is InChI=1S/C13H20ClN3S/c1-8(2)12-16-11(14)9(3)13(17-12)15-6-10-4-5-18-7-10/h8,10H,4-7H2,1-3H3,(H,15,16,17). The number of aromatic nitrogens is 2. The van der Waals surface area contributed by atoms with Crippen molar-refractivity contribution in [3.8, 4) is 0 Å². The average Bonchev–Trinajstić information content (AvgIpc) is 2.83. The van der Waals surface area contributed by atoms with Crippen molar-refractivity contribution in [2.45, 2.75) is 33.1 Å². The van der Waals surface area contributed by atoms with Crippen LogP contribution >= 0.6 is 23.4 Å². The minimum Gasteiger partial charge on any atom is -0.369 e. The quantitative estimate of drug-likeness (QED) is 0.856. The molecule has 5 heteroatoms. The van der Waals surface area contributed by atoms with Crippen LogP contribution in [0.2, 0.25) is 5.15 Å². The third kappa shape index (κ3) is 3.29. The smallest absolute Gasteiger partial charge is 0.137 e. The molecule has 0 spiro atoms. The second-order valence-corrected chi connectivity index (χ2v) is 6.62. The van der Waals surface area contributed by atoms with Crippen LogP contribution < -0.4 is 5.32 Å². The number of thioether (sulfide) groups is 1. The van der Waals surface area contributed by atoms with E-state index >= 15 is 0 Å². The van der Waals surface area contributed by atoms with E-state index in [9.17, 15) is 0 Å². The van der Waals surface area contributed by atoms with Gasteiger partial charge in [-0.2, -0.15) is 11.8 Å². The number of hydrogen-bond acceptors (Lipinski definition) is 4. The maximum atomic E-state index is 6.16. The van der Waals surface area contributed by atoms with Gasteiger partial charge in [-0.15, -0.1) is 0 Å². The van der Waals surface area contributed by atoms with E-state index in [0.29, 0.717) is 11.1 Å². The Kier molecular flexibility index (Phi) is 4.73. The van der Waals surface area contributed by atoms with Gasteiger partial charge in [-0.3, -0.25) is 0 Å². The van der Waals surface area contributed by atoms with E-state index in [1.165, 1.54) is 17.9 Å². The summed E-state index contributed by atoms with van der Waals surface area (Å²) in [5, 5.41) is 4.01. The zero-order valence-corrected chi connectivity index (χ0v) is 12.7. The van der Waals surface area contributed by atoms with Gasteiger partial charge in [0.1, 0.15) is 16.8 Å². The zero-order chi connectivity index (χ0) is 13.1. The van der Waals surface area contributed by atoms with E-state index in [-0.39, 0.29) is 0 Å². The lowest BCUT2D eigenvalue weighted by Gasteiger charge is -2.15. The Morgan fingerprint density at radius 3 is 2.83 bits per heavy atom. The summed E-state index contributed by atoms with van der Waals surface area (Å²) in [4.78, 5) is 8.90.